The van der Waals surface area contributed by atoms with Crippen LogP contribution in [0.2, 0.25) is 0 Å². The van der Waals surface area contributed by atoms with Crippen molar-refractivity contribution in [3.8, 4) is 0 Å². The molecule has 2 heterocycles. The second kappa shape index (κ2) is 8.20. The third-order valence-corrected chi connectivity index (χ3v) is 5.27. The first-order valence-corrected chi connectivity index (χ1v) is 10.1. The van der Waals surface area contributed by atoms with E-state index in [9.17, 15) is 8.78 Å². The van der Waals surface area contributed by atoms with Crippen molar-refractivity contribution in [2.45, 2.75) is 58.9 Å². The van der Waals surface area contributed by atoms with E-state index in [0.717, 1.165) is 31.7 Å². The predicted octanol–water partition coefficient (Wildman–Crippen LogP) is 5.92. The largest absolute Gasteiger partial charge is 0.367 e. The van der Waals surface area contributed by atoms with E-state index in [1.165, 1.54) is 18.5 Å². The number of hydrogen-bond donors (Lipinski definition) is 1. The molecule has 0 saturated carbocycles. The molecule has 1 aromatic heterocycles. The molecule has 0 amide bonds. The van der Waals surface area contributed by atoms with Gasteiger partial charge < -0.3 is 10.2 Å². The van der Waals surface area contributed by atoms with E-state index >= 15 is 4.39 Å². The molecule has 4 nitrogen and oxygen atoms in total. The van der Waals surface area contributed by atoms with Gasteiger partial charge in [-0.05, 0) is 30.2 Å². The molecule has 1 N–H and O–H groups in total. The Morgan fingerprint density at radius 1 is 1.10 bits per heavy atom. The van der Waals surface area contributed by atoms with Gasteiger partial charge in [0, 0.05) is 25.6 Å². The zero-order chi connectivity index (χ0) is 21.2. The highest BCUT2D eigenvalue weighted by atomic mass is 19.3. The molecule has 3 rings (SSSR count). The summed E-state index contributed by atoms with van der Waals surface area (Å²) in [7, 11) is 0. The SMILES string of the molecule is CC(C)(C)CCNc1ncnc(N2CCCC2c2ccc(C(C)(F)F)cc2)c1F. The number of alkyl halides is 2. The summed E-state index contributed by atoms with van der Waals surface area (Å²) >= 11 is 0. The normalized spacial score (nSPS) is 17.6. The van der Waals surface area contributed by atoms with Crippen LogP contribution >= 0.6 is 0 Å². The molecule has 1 unspecified atom stereocenters. The molecule has 1 atom stereocenters. The molecular weight excluding hydrogens is 377 g/mol. The van der Waals surface area contributed by atoms with E-state index in [1.807, 2.05) is 4.90 Å². The number of nitrogens with zero attached hydrogens (tertiary/aromatic N) is 3. The van der Waals surface area contributed by atoms with E-state index in [-0.39, 0.29) is 28.7 Å². The van der Waals surface area contributed by atoms with Gasteiger partial charge in [0.15, 0.2) is 11.6 Å². The second-order valence-electron chi connectivity index (χ2n) is 8.96. The molecular formula is C22H29F3N4. The molecule has 1 fully saturated rings. The van der Waals surface area contributed by atoms with E-state index < -0.39 is 11.7 Å². The maximum absolute atomic E-state index is 15.1. The van der Waals surface area contributed by atoms with Gasteiger partial charge in [-0.25, -0.2) is 18.7 Å². The fourth-order valence-corrected chi connectivity index (χ4v) is 3.60. The van der Waals surface area contributed by atoms with Crippen molar-refractivity contribution >= 4 is 11.6 Å². The monoisotopic (exact) mass is 406 g/mol. The lowest BCUT2D eigenvalue weighted by Crippen LogP contribution is -2.25. The molecule has 0 spiro atoms. The Balaban J connectivity index is 1.80. The highest BCUT2D eigenvalue weighted by Crippen LogP contribution is 2.38. The highest BCUT2D eigenvalue weighted by molar-refractivity contribution is 5.53. The number of halogens is 3. The van der Waals surface area contributed by atoms with Crippen molar-refractivity contribution < 1.29 is 13.2 Å². The molecule has 1 aliphatic heterocycles. The minimum Gasteiger partial charge on any atom is -0.367 e. The average molecular weight is 406 g/mol. The summed E-state index contributed by atoms with van der Waals surface area (Å²) in [6.45, 7) is 8.55. The minimum atomic E-state index is -2.87. The molecule has 1 aliphatic rings. The van der Waals surface area contributed by atoms with Crippen LogP contribution < -0.4 is 10.2 Å². The molecule has 0 radical (unpaired) electrons. The standard InChI is InChI=1S/C22H29F3N4/c1-21(2,3)11-12-26-19-18(23)20(28-14-27-19)29-13-5-6-17(29)15-7-9-16(10-8-15)22(4,24)25/h7-10,14,17H,5-6,11-13H2,1-4H3,(H,26,27,28). The Morgan fingerprint density at radius 3 is 2.41 bits per heavy atom. The number of nitrogens with one attached hydrogen (secondary N) is 1. The third-order valence-electron chi connectivity index (χ3n) is 5.27. The van der Waals surface area contributed by atoms with E-state index in [1.54, 1.807) is 12.1 Å². The Hall–Kier alpha value is -2.31. The van der Waals surface area contributed by atoms with Crippen LogP contribution in [-0.4, -0.2) is 23.1 Å². The minimum absolute atomic E-state index is 0.0238. The molecule has 7 heteroatoms. The van der Waals surface area contributed by atoms with Gasteiger partial charge >= 0.3 is 0 Å². The van der Waals surface area contributed by atoms with Crippen molar-refractivity contribution in [1.82, 2.24) is 9.97 Å². The average Bonchev–Trinajstić information content (AvgIpc) is 3.11. The molecule has 1 saturated heterocycles. The van der Waals surface area contributed by atoms with Gasteiger partial charge in [-0.15, -0.1) is 0 Å². The Morgan fingerprint density at radius 2 is 1.79 bits per heavy atom. The fourth-order valence-electron chi connectivity index (χ4n) is 3.60. The molecule has 0 aliphatic carbocycles. The highest BCUT2D eigenvalue weighted by Gasteiger charge is 2.31. The van der Waals surface area contributed by atoms with Crippen LogP contribution in [0, 0.1) is 11.2 Å². The summed E-state index contributed by atoms with van der Waals surface area (Å²) in [5.41, 5.74) is 1.00. The number of benzene rings is 1. The third kappa shape index (κ3) is 5.19. The topological polar surface area (TPSA) is 41.1 Å². The van der Waals surface area contributed by atoms with Crippen molar-refractivity contribution in [2.75, 3.05) is 23.3 Å². The number of hydrogen-bond acceptors (Lipinski definition) is 4. The first kappa shape index (κ1) is 21.4. The van der Waals surface area contributed by atoms with Crippen LogP contribution in [0.25, 0.3) is 0 Å². The van der Waals surface area contributed by atoms with Gasteiger partial charge in [-0.1, -0.05) is 45.0 Å². The lowest BCUT2D eigenvalue weighted by atomic mass is 9.92. The summed E-state index contributed by atoms with van der Waals surface area (Å²) in [5, 5.41) is 3.08. The van der Waals surface area contributed by atoms with Crippen LogP contribution in [0.4, 0.5) is 24.8 Å². The second-order valence-corrected chi connectivity index (χ2v) is 8.96. The first-order valence-electron chi connectivity index (χ1n) is 10.1. The predicted molar refractivity (Wildman–Crippen MR) is 110 cm³/mol. The maximum atomic E-state index is 15.1. The molecule has 0 bridgehead atoms. The zero-order valence-electron chi connectivity index (χ0n) is 17.5. The van der Waals surface area contributed by atoms with Crippen molar-refractivity contribution in [3.05, 3.63) is 47.5 Å². The zero-order valence-corrected chi connectivity index (χ0v) is 17.5. The van der Waals surface area contributed by atoms with Gasteiger partial charge in [0.1, 0.15) is 6.33 Å². The molecule has 158 valence electrons. The first-order chi connectivity index (χ1) is 13.6. The van der Waals surface area contributed by atoms with E-state index in [2.05, 4.69) is 36.1 Å². The number of anilines is 2. The van der Waals surface area contributed by atoms with Crippen LogP contribution in [0.5, 0.6) is 0 Å². The Kier molecular flexibility index (Phi) is 6.05. The quantitative estimate of drug-likeness (QED) is 0.647. The Labute approximate surface area is 170 Å². The van der Waals surface area contributed by atoms with Crippen molar-refractivity contribution in [3.63, 3.8) is 0 Å². The van der Waals surface area contributed by atoms with Gasteiger partial charge in [0.2, 0.25) is 5.82 Å². The summed E-state index contributed by atoms with van der Waals surface area (Å²) < 4.78 is 42.1. The van der Waals surface area contributed by atoms with Gasteiger partial charge in [-0.2, -0.15) is 4.39 Å². The number of rotatable bonds is 6. The van der Waals surface area contributed by atoms with Gasteiger partial charge in [0.25, 0.3) is 5.92 Å². The van der Waals surface area contributed by atoms with Crippen molar-refractivity contribution in [1.29, 1.82) is 0 Å². The van der Waals surface area contributed by atoms with Crippen LogP contribution in [0.1, 0.15) is 64.1 Å². The van der Waals surface area contributed by atoms with Gasteiger partial charge in [-0.3, -0.25) is 0 Å². The summed E-state index contributed by atoms with van der Waals surface area (Å²) in [4.78, 5) is 10.2. The van der Waals surface area contributed by atoms with Crippen LogP contribution in [-0.2, 0) is 5.92 Å². The van der Waals surface area contributed by atoms with Crippen molar-refractivity contribution in [2.24, 2.45) is 5.41 Å². The van der Waals surface area contributed by atoms with Gasteiger partial charge in [0.05, 0.1) is 6.04 Å². The number of aromatic nitrogens is 2. The summed E-state index contributed by atoms with van der Waals surface area (Å²) in [5.74, 6) is -2.89. The van der Waals surface area contributed by atoms with E-state index in [4.69, 9.17) is 0 Å². The summed E-state index contributed by atoms with van der Waals surface area (Å²) in [6, 6.07) is 6.21. The molecule has 1 aromatic carbocycles. The molecule has 29 heavy (non-hydrogen) atoms. The van der Waals surface area contributed by atoms with Crippen LogP contribution in [0.3, 0.4) is 0 Å². The lowest BCUT2D eigenvalue weighted by molar-refractivity contribution is 0.0174. The molecule has 2 aromatic rings. The summed E-state index contributed by atoms with van der Waals surface area (Å²) in [6.07, 6.45) is 3.95. The van der Waals surface area contributed by atoms with E-state index in [0.29, 0.717) is 13.1 Å². The maximum Gasteiger partial charge on any atom is 0.270 e. The van der Waals surface area contributed by atoms with Crippen LogP contribution in [0.15, 0.2) is 30.6 Å². The lowest BCUT2D eigenvalue weighted by Gasteiger charge is -2.27. The fraction of sp³-hybridized carbons (Fsp3) is 0.545. The smallest absolute Gasteiger partial charge is 0.270 e. The Bertz CT molecular complexity index is 825.